The Balaban J connectivity index is 2.03. The molecule has 0 unspecified atom stereocenters. The molecule has 0 amide bonds. The van der Waals surface area contributed by atoms with E-state index in [1.165, 1.54) is 19.2 Å². The molecule has 0 aliphatic carbocycles. The summed E-state index contributed by atoms with van der Waals surface area (Å²) in [5, 5.41) is 0. The summed E-state index contributed by atoms with van der Waals surface area (Å²) in [4.78, 5) is 12.5. The highest BCUT2D eigenvalue weighted by atomic mass is 19.1. The van der Waals surface area contributed by atoms with E-state index in [0.717, 1.165) is 0 Å². The monoisotopic (exact) mass is 288 g/mol. The van der Waals surface area contributed by atoms with Crippen LogP contribution >= 0.6 is 0 Å². The Bertz CT molecular complexity index is 697. The van der Waals surface area contributed by atoms with Gasteiger partial charge in [0.1, 0.15) is 24.8 Å². The Labute approximate surface area is 121 Å². The Hall–Kier alpha value is -2.56. The van der Waals surface area contributed by atoms with Gasteiger partial charge in [-0.3, -0.25) is 4.79 Å². The van der Waals surface area contributed by atoms with E-state index >= 15 is 0 Å². The summed E-state index contributed by atoms with van der Waals surface area (Å²) in [6, 6.07) is 9.12. The van der Waals surface area contributed by atoms with Gasteiger partial charge in [-0.05, 0) is 24.3 Å². The normalized spacial score (nSPS) is 12.9. The van der Waals surface area contributed by atoms with Crippen molar-refractivity contribution in [2.45, 2.75) is 0 Å². The first-order valence-electron chi connectivity index (χ1n) is 6.47. The van der Waals surface area contributed by atoms with Gasteiger partial charge < -0.3 is 14.2 Å². The second-order valence-corrected chi connectivity index (χ2v) is 4.50. The number of fused-ring (bicyclic) bond motifs is 1. The van der Waals surface area contributed by atoms with Gasteiger partial charge in [-0.15, -0.1) is 0 Å². The highest BCUT2D eigenvalue weighted by Gasteiger charge is 2.23. The zero-order valence-electron chi connectivity index (χ0n) is 11.4. The fraction of sp³-hybridized carbons (Fsp3) is 0.188. The quantitative estimate of drug-likeness (QED) is 0.815. The van der Waals surface area contributed by atoms with Crippen LogP contribution in [0.4, 0.5) is 4.39 Å². The average Bonchev–Trinajstić information content (AvgIpc) is 2.53. The molecule has 0 N–H and O–H groups in total. The SMILES string of the molecule is COc1ccc(C(=O)c2cccc3c2OCCO3)c(F)c1. The highest BCUT2D eigenvalue weighted by molar-refractivity contribution is 6.11. The number of halogens is 1. The van der Waals surface area contributed by atoms with Gasteiger partial charge in [0.2, 0.25) is 0 Å². The Morgan fingerprint density at radius 3 is 2.71 bits per heavy atom. The number of methoxy groups -OCH3 is 1. The number of rotatable bonds is 3. The van der Waals surface area contributed by atoms with Crippen LogP contribution in [0.5, 0.6) is 17.2 Å². The Morgan fingerprint density at radius 1 is 1.14 bits per heavy atom. The van der Waals surface area contributed by atoms with Crippen LogP contribution in [0, 0.1) is 5.82 Å². The number of hydrogen-bond acceptors (Lipinski definition) is 4. The number of carbonyl (C=O) groups excluding carboxylic acids is 1. The number of benzene rings is 2. The highest BCUT2D eigenvalue weighted by Crippen LogP contribution is 2.35. The lowest BCUT2D eigenvalue weighted by molar-refractivity contribution is 0.102. The van der Waals surface area contributed by atoms with Gasteiger partial charge in [0.25, 0.3) is 0 Å². The minimum absolute atomic E-state index is 0.0293. The first-order valence-corrected chi connectivity index (χ1v) is 6.47. The van der Waals surface area contributed by atoms with Crippen molar-refractivity contribution in [2.75, 3.05) is 20.3 Å². The molecule has 3 rings (SSSR count). The van der Waals surface area contributed by atoms with Crippen molar-refractivity contribution in [1.29, 1.82) is 0 Å². The molecule has 4 nitrogen and oxygen atoms in total. The number of carbonyl (C=O) groups is 1. The second-order valence-electron chi connectivity index (χ2n) is 4.50. The summed E-state index contributed by atoms with van der Waals surface area (Å²) < 4.78 is 29.9. The molecule has 2 aromatic rings. The molecule has 1 aliphatic rings. The summed E-state index contributed by atoms with van der Waals surface area (Å²) in [5.74, 6) is 0.148. The number of para-hydroxylation sites is 1. The molecule has 2 aromatic carbocycles. The standard InChI is InChI=1S/C16H13FO4/c1-19-10-5-6-11(13(17)9-10)15(18)12-3-2-4-14-16(12)21-8-7-20-14/h2-6,9H,7-8H2,1H3. The van der Waals surface area contributed by atoms with E-state index in [2.05, 4.69) is 0 Å². The predicted octanol–water partition coefficient (Wildman–Crippen LogP) is 2.84. The topological polar surface area (TPSA) is 44.8 Å². The summed E-state index contributed by atoms with van der Waals surface area (Å²) in [5.41, 5.74) is 0.259. The van der Waals surface area contributed by atoms with Crippen LogP contribution in [-0.2, 0) is 0 Å². The van der Waals surface area contributed by atoms with Crippen LogP contribution in [0.3, 0.4) is 0 Å². The smallest absolute Gasteiger partial charge is 0.199 e. The van der Waals surface area contributed by atoms with Crippen LogP contribution in [0.2, 0.25) is 0 Å². The minimum atomic E-state index is -0.631. The molecule has 21 heavy (non-hydrogen) atoms. The fourth-order valence-corrected chi connectivity index (χ4v) is 2.20. The zero-order chi connectivity index (χ0) is 14.8. The van der Waals surface area contributed by atoms with Crippen LogP contribution in [-0.4, -0.2) is 26.1 Å². The molecule has 5 heteroatoms. The third-order valence-electron chi connectivity index (χ3n) is 3.23. The summed E-state index contributed by atoms with van der Waals surface area (Å²) in [6.45, 7) is 0.796. The molecule has 0 aromatic heterocycles. The molecule has 0 bridgehead atoms. The Morgan fingerprint density at radius 2 is 1.95 bits per heavy atom. The first kappa shape index (κ1) is 13.4. The molecule has 0 radical (unpaired) electrons. The van der Waals surface area contributed by atoms with E-state index in [0.29, 0.717) is 30.5 Å². The van der Waals surface area contributed by atoms with Crippen molar-refractivity contribution in [2.24, 2.45) is 0 Å². The van der Waals surface area contributed by atoms with Gasteiger partial charge in [-0.2, -0.15) is 0 Å². The van der Waals surface area contributed by atoms with E-state index in [9.17, 15) is 9.18 Å². The molecule has 0 saturated heterocycles. The minimum Gasteiger partial charge on any atom is -0.497 e. The van der Waals surface area contributed by atoms with E-state index < -0.39 is 11.6 Å². The number of ketones is 1. The fourth-order valence-electron chi connectivity index (χ4n) is 2.20. The third kappa shape index (κ3) is 2.42. The van der Waals surface area contributed by atoms with Crippen molar-refractivity contribution in [3.05, 3.63) is 53.3 Å². The molecule has 1 aliphatic heterocycles. The summed E-state index contributed by atoms with van der Waals surface area (Å²) >= 11 is 0. The van der Waals surface area contributed by atoms with Crippen molar-refractivity contribution in [3.8, 4) is 17.2 Å². The lowest BCUT2D eigenvalue weighted by Crippen LogP contribution is -2.18. The van der Waals surface area contributed by atoms with Crippen LogP contribution in [0.25, 0.3) is 0 Å². The van der Waals surface area contributed by atoms with E-state index in [4.69, 9.17) is 14.2 Å². The Kier molecular flexibility index (Phi) is 3.48. The van der Waals surface area contributed by atoms with Crippen LogP contribution in [0.15, 0.2) is 36.4 Å². The van der Waals surface area contributed by atoms with Gasteiger partial charge in [0.05, 0.1) is 18.2 Å². The first-order chi connectivity index (χ1) is 10.2. The molecule has 1 heterocycles. The van der Waals surface area contributed by atoms with Gasteiger partial charge >= 0.3 is 0 Å². The maximum Gasteiger partial charge on any atom is 0.199 e. The van der Waals surface area contributed by atoms with Crippen LogP contribution < -0.4 is 14.2 Å². The molecule has 108 valence electrons. The number of ether oxygens (including phenoxy) is 3. The molecule has 0 fully saturated rings. The van der Waals surface area contributed by atoms with Crippen molar-refractivity contribution >= 4 is 5.78 Å². The van der Waals surface area contributed by atoms with Gasteiger partial charge in [0.15, 0.2) is 17.3 Å². The molecular weight excluding hydrogens is 275 g/mol. The van der Waals surface area contributed by atoms with Gasteiger partial charge in [0, 0.05) is 6.07 Å². The van der Waals surface area contributed by atoms with Crippen molar-refractivity contribution in [3.63, 3.8) is 0 Å². The van der Waals surface area contributed by atoms with Crippen molar-refractivity contribution in [1.82, 2.24) is 0 Å². The maximum atomic E-state index is 14.0. The molecular formula is C16H13FO4. The largest absolute Gasteiger partial charge is 0.497 e. The average molecular weight is 288 g/mol. The third-order valence-corrected chi connectivity index (χ3v) is 3.23. The van der Waals surface area contributed by atoms with Crippen LogP contribution in [0.1, 0.15) is 15.9 Å². The van der Waals surface area contributed by atoms with E-state index in [-0.39, 0.29) is 11.1 Å². The summed E-state index contributed by atoms with van der Waals surface area (Å²) in [7, 11) is 1.44. The van der Waals surface area contributed by atoms with Gasteiger partial charge in [-0.1, -0.05) is 6.07 Å². The number of hydrogen-bond donors (Lipinski definition) is 0. The molecule has 0 atom stereocenters. The lowest BCUT2D eigenvalue weighted by Gasteiger charge is -2.20. The lowest BCUT2D eigenvalue weighted by atomic mass is 10.0. The second kappa shape index (κ2) is 5.44. The van der Waals surface area contributed by atoms with Crippen molar-refractivity contribution < 1.29 is 23.4 Å². The molecule has 0 saturated carbocycles. The van der Waals surface area contributed by atoms with E-state index in [1.807, 2.05) is 0 Å². The van der Waals surface area contributed by atoms with E-state index in [1.54, 1.807) is 24.3 Å². The van der Waals surface area contributed by atoms with Gasteiger partial charge in [-0.25, -0.2) is 4.39 Å². The predicted molar refractivity (Wildman–Crippen MR) is 73.8 cm³/mol. The zero-order valence-corrected chi connectivity index (χ0v) is 11.4. The maximum absolute atomic E-state index is 14.0. The molecule has 0 spiro atoms. The summed E-state index contributed by atoms with van der Waals surface area (Å²) in [6.07, 6.45) is 0.